The molecule has 96 valence electrons. The number of nitro groups is 1. The van der Waals surface area contributed by atoms with Crippen LogP contribution < -0.4 is 10.8 Å². The second-order valence-corrected chi connectivity index (χ2v) is 4.82. The molecule has 1 aliphatic rings. The van der Waals surface area contributed by atoms with Crippen LogP contribution in [0.15, 0.2) is 18.2 Å². The lowest BCUT2D eigenvalue weighted by Gasteiger charge is -2.17. The normalized spacial score (nSPS) is 24.1. The lowest BCUT2D eigenvalue weighted by Crippen LogP contribution is -2.32. The summed E-state index contributed by atoms with van der Waals surface area (Å²) in [4.78, 5) is 12.6. The monoisotopic (exact) mass is 249 g/mol. The highest BCUT2D eigenvalue weighted by molar-refractivity contribution is 6.32. The standard InChI is InChI=1S/C11H16BN3O3/c1-14-5-9(11(16)6-14)13-8-3-2-7(12)4-10(8)15(17)18/h2-4,9,11,13,16H,5-6,12H2,1H3. The lowest BCUT2D eigenvalue weighted by atomic mass is 9.95. The zero-order chi connectivity index (χ0) is 13.3. The van der Waals surface area contributed by atoms with Crippen LogP contribution in [0.1, 0.15) is 0 Å². The smallest absolute Gasteiger partial charge is 0.291 e. The number of anilines is 1. The fraction of sp³-hybridized carbons (Fsp3) is 0.455. The first-order valence-electron chi connectivity index (χ1n) is 5.85. The molecule has 0 aliphatic carbocycles. The van der Waals surface area contributed by atoms with Gasteiger partial charge in [-0.2, -0.15) is 0 Å². The van der Waals surface area contributed by atoms with E-state index in [-0.39, 0.29) is 11.7 Å². The molecule has 2 N–H and O–H groups in total. The minimum atomic E-state index is -0.504. The molecule has 6 nitrogen and oxygen atoms in total. The highest BCUT2D eigenvalue weighted by Gasteiger charge is 2.30. The van der Waals surface area contributed by atoms with Gasteiger partial charge in [0.25, 0.3) is 5.69 Å². The molecule has 1 aliphatic heterocycles. The van der Waals surface area contributed by atoms with E-state index in [0.29, 0.717) is 18.8 Å². The third-order valence-corrected chi connectivity index (χ3v) is 3.16. The average Bonchev–Trinajstić information content (AvgIpc) is 2.60. The average molecular weight is 249 g/mol. The van der Waals surface area contributed by atoms with Crippen molar-refractivity contribution in [1.82, 2.24) is 4.90 Å². The highest BCUT2D eigenvalue weighted by Crippen LogP contribution is 2.24. The van der Waals surface area contributed by atoms with Crippen LogP contribution in [-0.4, -0.2) is 55.1 Å². The number of nitro benzene ring substituents is 1. The maximum Gasteiger partial charge on any atom is 0.291 e. The number of β-amino-alcohol motifs (C(OH)–C–C–N with tert-alkyl or cyclic N) is 1. The van der Waals surface area contributed by atoms with E-state index < -0.39 is 11.0 Å². The van der Waals surface area contributed by atoms with E-state index in [1.54, 1.807) is 6.07 Å². The molecular formula is C11H16BN3O3. The van der Waals surface area contributed by atoms with Crippen LogP contribution in [0.3, 0.4) is 0 Å². The summed E-state index contributed by atoms with van der Waals surface area (Å²) in [6.07, 6.45) is -0.504. The van der Waals surface area contributed by atoms with Crippen molar-refractivity contribution in [2.45, 2.75) is 12.1 Å². The molecule has 1 heterocycles. The van der Waals surface area contributed by atoms with Gasteiger partial charge in [0.2, 0.25) is 0 Å². The first-order chi connectivity index (χ1) is 8.47. The number of hydrogen-bond acceptors (Lipinski definition) is 5. The Morgan fingerprint density at radius 3 is 2.83 bits per heavy atom. The van der Waals surface area contributed by atoms with Crippen molar-refractivity contribution >= 4 is 24.7 Å². The molecule has 0 spiro atoms. The van der Waals surface area contributed by atoms with Gasteiger partial charge in [-0.15, -0.1) is 0 Å². The van der Waals surface area contributed by atoms with Crippen molar-refractivity contribution in [2.24, 2.45) is 0 Å². The Labute approximate surface area is 106 Å². The van der Waals surface area contributed by atoms with E-state index in [1.807, 2.05) is 25.9 Å². The quantitative estimate of drug-likeness (QED) is 0.405. The first-order valence-corrected chi connectivity index (χ1v) is 5.85. The van der Waals surface area contributed by atoms with E-state index in [1.165, 1.54) is 6.07 Å². The summed E-state index contributed by atoms with van der Waals surface area (Å²) in [5.41, 5.74) is 1.36. The number of likely N-dealkylation sites (N-methyl/N-ethyl adjacent to an activating group) is 1. The Kier molecular flexibility index (Phi) is 3.54. The van der Waals surface area contributed by atoms with Crippen LogP contribution in [0.25, 0.3) is 0 Å². The maximum atomic E-state index is 11.0. The summed E-state index contributed by atoms with van der Waals surface area (Å²) in [6, 6.07) is 4.88. The van der Waals surface area contributed by atoms with Crippen molar-refractivity contribution in [2.75, 3.05) is 25.5 Å². The van der Waals surface area contributed by atoms with E-state index in [0.717, 1.165) is 5.46 Å². The zero-order valence-corrected chi connectivity index (χ0v) is 10.5. The van der Waals surface area contributed by atoms with Gasteiger partial charge in [-0.25, -0.2) is 0 Å². The lowest BCUT2D eigenvalue weighted by molar-refractivity contribution is -0.383. The van der Waals surface area contributed by atoms with Gasteiger partial charge in [-0.05, 0) is 13.1 Å². The molecule has 0 amide bonds. The van der Waals surface area contributed by atoms with E-state index in [2.05, 4.69) is 5.32 Å². The molecule has 2 rings (SSSR count). The van der Waals surface area contributed by atoms with Gasteiger partial charge in [0, 0.05) is 19.2 Å². The maximum absolute atomic E-state index is 11.0. The Morgan fingerprint density at radius 2 is 2.28 bits per heavy atom. The second-order valence-electron chi connectivity index (χ2n) is 4.82. The molecular weight excluding hydrogens is 233 g/mol. The number of aliphatic hydroxyl groups excluding tert-OH is 1. The van der Waals surface area contributed by atoms with E-state index in [9.17, 15) is 15.2 Å². The van der Waals surface area contributed by atoms with Crippen molar-refractivity contribution in [3.8, 4) is 0 Å². The highest BCUT2D eigenvalue weighted by atomic mass is 16.6. The predicted octanol–water partition coefficient (Wildman–Crippen LogP) is -1.06. The Hall–Kier alpha value is -1.60. The molecule has 2 atom stereocenters. The Balaban J connectivity index is 2.21. The minimum absolute atomic E-state index is 0.0525. The molecule has 1 saturated heterocycles. The third-order valence-electron chi connectivity index (χ3n) is 3.16. The molecule has 2 unspecified atom stereocenters. The summed E-state index contributed by atoms with van der Waals surface area (Å²) in [7, 11) is 3.73. The molecule has 1 aromatic carbocycles. The molecule has 0 bridgehead atoms. The molecule has 0 saturated carbocycles. The van der Waals surface area contributed by atoms with Crippen LogP contribution >= 0.6 is 0 Å². The van der Waals surface area contributed by atoms with Gasteiger partial charge in [0.05, 0.1) is 17.1 Å². The Bertz CT molecular complexity index is 469. The van der Waals surface area contributed by atoms with Gasteiger partial charge in [0.15, 0.2) is 0 Å². The number of likely N-dealkylation sites (tertiary alicyclic amines) is 1. The number of rotatable bonds is 3. The van der Waals surface area contributed by atoms with Crippen molar-refractivity contribution < 1.29 is 10.0 Å². The second kappa shape index (κ2) is 4.95. The number of hydrogen-bond donors (Lipinski definition) is 2. The van der Waals surface area contributed by atoms with Crippen LogP contribution in [0.5, 0.6) is 0 Å². The number of aliphatic hydroxyl groups is 1. The predicted molar refractivity (Wildman–Crippen MR) is 72.2 cm³/mol. The fourth-order valence-corrected chi connectivity index (χ4v) is 2.23. The van der Waals surface area contributed by atoms with E-state index >= 15 is 0 Å². The molecule has 18 heavy (non-hydrogen) atoms. The van der Waals surface area contributed by atoms with Crippen molar-refractivity contribution in [1.29, 1.82) is 0 Å². The Morgan fingerprint density at radius 1 is 1.56 bits per heavy atom. The largest absolute Gasteiger partial charge is 0.390 e. The topological polar surface area (TPSA) is 78.6 Å². The molecule has 1 aromatic rings. The molecule has 0 radical (unpaired) electrons. The summed E-state index contributed by atoms with van der Waals surface area (Å²) in [6.45, 7) is 1.25. The SMILES string of the molecule is Bc1ccc(NC2CN(C)CC2O)c([N+](=O)[O-])c1. The summed E-state index contributed by atoms with van der Waals surface area (Å²) >= 11 is 0. The van der Waals surface area contributed by atoms with Gasteiger partial charge < -0.3 is 15.3 Å². The third kappa shape index (κ3) is 2.62. The van der Waals surface area contributed by atoms with Crippen LogP contribution in [-0.2, 0) is 0 Å². The minimum Gasteiger partial charge on any atom is -0.390 e. The van der Waals surface area contributed by atoms with Crippen molar-refractivity contribution in [3.05, 3.63) is 28.3 Å². The van der Waals surface area contributed by atoms with Gasteiger partial charge in [-0.3, -0.25) is 10.1 Å². The van der Waals surface area contributed by atoms with Crippen LogP contribution in [0.4, 0.5) is 11.4 Å². The molecule has 0 aromatic heterocycles. The molecule has 7 heteroatoms. The zero-order valence-electron chi connectivity index (χ0n) is 10.5. The van der Waals surface area contributed by atoms with Gasteiger partial charge >= 0.3 is 0 Å². The summed E-state index contributed by atoms with van der Waals surface area (Å²) in [5.74, 6) is 0. The fourth-order valence-electron chi connectivity index (χ4n) is 2.23. The first kappa shape index (κ1) is 12.9. The number of benzene rings is 1. The number of nitrogens with one attached hydrogen (secondary N) is 1. The summed E-state index contributed by atoms with van der Waals surface area (Å²) < 4.78 is 0. The van der Waals surface area contributed by atoms with Crippen LogP contribution in [0.2, 0.25) is 0 Å². The van der Waals surface area contributed by atoms with Crippen LogP contribution in [0, 0.1) is 10.1 Å². The van der Waals surface area contributed by atoms with Gasteiger partial charge in [-0.1, -0.05) is 11.5 Å². The number of nitrogens with zero attached hydrogens (tertiary/aromatic N) is 2. The van der Waals surface area contributed by atoms with E-state index in [4.69, 9.17) is 0 Å². The van der Waals surface area contributed by atoms with Crippen molar-refractivity contribution in [3.63, 3.8) is 0 Å². The molecule has 1 fully saturated rings. The van der Waals surface area contributed by atoms with Gasteiger partial charge in [0.1, 0.15) is 13.5 Å². The summed E-state index contributed by atoms with van der Waals surface area (Å²) in [5, 5.41) is 23.9.